The van der Waals surface area contributed by atoms with Crippen LogP contribution >= 0.6 is 0 Å². The van der Waals surface area contributed by atoms with Crippen LogP contribution in [0.3, 0.4) is 0 Å². The Kier molecular flexibility index (Phi) is 6.55. The number of pyridine rings is 1. The number of benzene rings is 2. The summed E-state index contributed by atoms with van der Waals surface area (Å²) in [6, 6.07) is 11.5. The molecule has 4 rings (SSSR count). The number of hydrogen-bond acceptors (Lipinski definition) is 3. The molecule has 0 spiro atoms. The molecule has 0 saturated carbocycles. The monoisotopic (exact) mass is 436 g/mol. The van der Waals surface area contributed by atoms with Crippen LogP contribution in [0.2, 0.25) is 0 Å². The summed E-state index contributed by atoms with van der Waals surface area (Å²) in [6.07, 6.45) is 2.31. The quantitative estimate of drug-likeness (QED) is 0.601. The fourth-order valence-electron chi connectivity index (χ4n) is 4.32. The number of halogens is 1. The summed E-state index contributed by atoms with van der Waals surface area (Å²) >= 11 is 0. The Hall–Kier alpha value is -3.19. The largest absolute Gasteiger partial charge is 0.322 e. The van der Waals surface area contributed by atoms with E-state index in [2.05, 4.69) is 21.3 Å². The number of amides is 2. The topological polar surface area (TPSA) is 68.4 Å². The van der Waals surface area contributed by atoms with Crippen LogP contribution in [-0.2, 0) is 6.54 Å². The Morgan fingerprint density at radius 2 is 1.91 bits per heavy atom. The molecule has 32 heavy (non-hydrogen) atoms. The van der Waals surface area contributed by atoms with Gasteiger partial charge in [-0.3, -0.25) is 4.79 Å². The van der Waals surface area contributed by atoms with Gasteiger partial charge in [-0.05, 0) is 75.2 Å². The number of carbonyl (C=O) groups is 1. The predicted molar refractivity (Wildman–Crippen MR) is 126 cm³/mol. The maximum absolute atomic E-state index is 14.1. The van der Waals surface area contributed by atoms with E-state index < -0.39 is 11.8 Å². The highest BCUT2D eigenvalue weighted by Gasteiger charge is 2.20. The number of aryl methyl sites for hydroxylation is 2. The number of rotatable bonds is 6. The summed E-state index contributed by atoms with van der Waals surface area (Å²) in [5.74, 6) is -0.491. The van der Waals surface area contributed by atoms with Gasteiger partial charge in [0.15, 0.2) is 0 Å². The van der Waals surface area contributed by atoms with Crippen molar-refractivity contribution in [1.29, 1.82) is 0 Å². The summed E-state index contributed by atoms with van der Waals surface area (Å²) in [5.41, 5.74) is 3.35. The Bertz CT molecular complexity index is 1180. The first-order valence-electron chi connectivity index (χ1n) is 11.1. The molecule has 1 saturated heterocycles. The molecule has 2 aromatic carbocycles. The summed E-state index contributed by atoms with van der Waals surface area (Å²) in [5, 5.41) is 3.62. The number of anilines is 1. The molecule has 0 radical (unpaired) electrons. The standard InChI is InChI=1S/C25H29FN4O2/c1-17-13-18(2)20-15-19(24(31)27-23(20)14-17)16-30(12-11-29-9-5-6-10-29)25(32)28-22-8-4-3-7-21(22)26/h3-4,7-8,13-15H,5-6,9-12,16H2,1-2H3,(H,27,31)(H,28,32). The van der Waals surface area contributed by atoms with E-state index in [4.69, 9.17) is 0 Å². The number of fused-ring (bicyclic) bond motifs is 1. The smallest absolute Gasteiger partial charge is 0.322 e. The molecule has 1 fully saturated rings. The van der Waals surface area contributed by atoms with Crippen molar-refractivity contribution in [3.05, 3.63) is 75.3 Å². The first-order valence-corrected chi connectivity index (χ1v) is 11.1. The minimum Gasteiger partial charge on any atom is -0.322 e. The van der Waals surface area contributed by atoms with Crippen molar-refractivity contribution in [3.8, 4) is 0 Å². The van der Waals surface area contributed by atoms with E-state index >= 15 is 0 Å². The van der Waals surface area contributed by atoms with Crippen LogP contribution in [0.15, 0.2) is 47.3 Å². The lowest BCUT2D eigenvalue weighted by Crippen LogP contribution is -2.41. The van der Waals surface area contributed by atoms with Gasteiger partial charge < -0.3 is 20.1 Å². The Balaban J connectivity index is 1.60. The van der Waals surface area contributed by atoms with Crippen molar-refractivity contribution in [1.82, 2.24) is 14.8 Å². The number of aromatic amines is 1. The molecule has 1 aromatic heterocycles. The molecule has 2 amide bonds. The molecular formula is C25H29FN4O2. The fraction of sp³-hybridized carbons (Fsp3) is 0.360. The van der Waals surface area contributed by atoms with Crippen molar-refractivity contribution in [2.45, 2.75) is 33.2 Å². The van der Waals surface area contributed by atoms with Crippen LogP contribution in [-0.4, -0.2) is 47.0 Å². The van der Waals surface area contributed by atoms with Crippen LogP contribution in [0.1, 0.15) is 29.5 Å². The predicted octanol–water partition coefficient (Wildman–Crippen LogP) is 4.41. The van der Waals surface area contributed by atoms with Gasteiger partial charge >= 0.3 is 6.03 Å². The van der Waals surface area contributed by atoms with Crippen LogP contribution in [0, 0.1) is 19.7 Å². The molecule has 168 valence electrons. The van der Waals surface area contributed by atoms with Crippen molar-refractivity contribution in [2.75, 3.05) is 31.5 Å². The van der Waals surface area contributed by atoms with E-state index in [0.717, 1.165) is 48.0 Å². The van der Waals surface area contributed by atoms with Gasteiger partial charge in [-0.1, -0.05) is 18.2 Å². The lowest BCUT2D eigenvalue weighted by atomic mass is 10.0. The maximum atomic E-state index is 14.1. The number of H-pyrrole nitrogens is 1. The van der Waals surface area contributed by atoms with Gasteiger partial charge in [0.2, 0.25) is 0 Å². The Morgan fingerprint density at radius 3 is 2.66 bits per heavy atom. The summed E-state index contributed by atoms with van der Waals surface area (Å²) in [7, 11) is 0. The molecule has 7 heteroatoms. The second-order valence-corrected chi connectivity index (χ2v) is 8.55. The fourth-order valence-corrected chi connectivity index (χ4v) is 4.32. The van der Waals surface area contributed by atoms with E-state index in [1.165, 1.54) is 12.1 Å². The molecule has 0 aliphatic carbocycles. The van der Waals surface area contributed by atoms with Crippen LogP contribution in [0.25, 0.3) is 10.9 Å². The number of para-hydroxylation sites is 1. The summed E-state index contributed by atoms with van der Waals surface area (Å²) in [6.45, 7) is 7.33. The molecule has 1 aliphatic rings. The Morgan fingerprint density at radius 1 is 1.16 bits per heavy atom. The van der Waals surface area contributed by atoms with E-state index in [1.54, 1.807) is 17.0 Å². The van der Waals surface area contributed by atoms with E-state index in [9.17, 15) is 14.0 Å². The summed E-state index contributed by atoms with van der Waals surface area (Å²) < 4.78 is 14.1. The molecule has 0 bridgehead atoms. The highest BCUT2D eigenvalue weighted by atomic mass is 19.1. The number of urea groups is 1. The van der Waals surface area contributed by atoms with Gasteiger partial charge in [0.1, 0.15) is 5.82 Å². The second-order valence-electron chi connectivity index (χ2n) is 8.55. The van der Waals surface area contributed by atoms with E-state index in [1.807, 2.05) is 26.0 Å². The lowest BCUT2D eigenvalue weighted by Gasteiger charge is -2.26. The van der Waals surface area contributed by atoms with Crippen molar-refractivity contribution < 1.29 is 9.18 Å². The highest BCUT2D eigenvalue weighted by molar-refractivity contribution is 5.89. The Labute approximate surface area is 187 Å². The van der Waals surface area contributed by atoms with Crippen LogP contribution < -0.4 is 10.9 Å². The highest BCUT2D eigenvalue weighted by Crippen LogP contribution is 2.20. The number of carbonyl (C=O) groups excluding carboxylic acids is 1. The number of nitrogens with one attached hydrogen (secondary N) is 2. The minimum atomic E-state index is -0.491. The molecule has 0 unspecified atom stereocenters. The van der Waals surface area contributed by atoms with Crippen LogP contribution in [0.5, 0.6) is 0 Å². The second kappa shape index (κ2) is 9.53. The average molecular weight is 437 g/mol. The number of likely N-dealkylation sites (tertiary alicyclic amines) is 1. The van der Waals surface area contributed by atoms with Gasteiger partial charge in [-0.2, -0.15) is 0 Å². The first kappa shape index (κ1) is 22.0. The SMILES string of the molecule is Cc1cc(C)c2cc(CN(CCN3CCCC3)C(=O)Nc3ccccc3F)c(=O)[nH]c2c1. The van der Waals surface area contributed by atoms with Gasteiger partial charge in [0.05, 0.1) is 12.2 Å². The summed E-state index contributed by atoms with van der Waals surface area (Å²) in [4.78, 5) is 32.7. The number of nitrogens with zero attached hydrogens (tertiary/aromatic N) is 2. The van der Waals surface area contributed by atoms with Gasteiger partial charge in [-0.25, -0.2) is 9.18 Å². The third kappa shape index (κ3) is 4.99. The molecule has 1 aliphatic heterocycles. The van der Waals surface area contributed by atoms with Crippen LogP contribution in [0.4, 0.5) is 14.9 Å². The van der Waals surface area contributed by atoms with Gasteiger partial charge in [0.25, 0.3) is 5.56 Å². The van der Waals surface area contributed by atoms with Crippen molar-refractivity contribution >= 4 is 22.6 Å². The molecule has 2 N–H and O–H groups in total. The normalized spacial score (nSPS) is 14.1. The van der Waals surface area contributed by atoms with Crippen molar-refractivity contribution in [3.63, 3.8) is 0 Å². The van der Waals surface area contributed by atoms with E-state index in [-0.39, 0.29) is 17.8 Å². The van der Waals surface area contributed by atoms with E-state index in [0.29, 0.717) is 18.7 Å². The number of aromatic nitrogens is 1. The van der Waals surface area contributed by atoms with Crippen molar-refractivity contribution in [2.24, 2.45) is 0 Å². The molecule has 3 aromatic rings. The third-order valence-corrected chi connectivity index (χ3v) is 6.04. The minimum absolute atomic E-state index is 0.127. The molecule has 6 nitrogen and oxygen atoms in total. The molecular weight excluding hydrogens is 407 g/mol. The molecule has 2 heterocycles. The van der Waals surface area contributed by atoms with Gasteiger partial charge in [-0.15, -0.1) is 0 Å². The third-order valence-electron chi connectivity index (χ3n) is 6.04. The molecule has 0 atom stereocenters. The maximum Gasteiger partial charge on any atom is 0.322 e. The zero-order chi connectivity index (χ0) is 22.7. The number of hydrogen-bond donors (Lipinski definition) is 2. The zero-order valence-corrected chi connectivity index (χ0v) is 18.6. The average Bonchev–Trinajstić information content (AvgIpc) is 3.27. The lowest BCUT2D eigenvalue weighted by molar-refractivity contribution is 0.197. The first-order chi connectivity index (χ1) is 15.4. The van der Waals surface area contributed by atoms with Gasteiger partial charge in [0, 0.05) is 29.6 Å². The zero-order valence-electron chi connectivity index (χ0n) is 18.6.